The molecule has 2 amide bonds. The van der Waals surface area contributed by atoms with Gasteiger partial charge in [-0.2, -0.15) is 0 Å². The minimum Gasteiger partial charge on any atom is -0.480 e. The van der Waals surface area contributed by atoms with Crippen LogP contribution in [-0.2, 0) is 19.0 Å². The molecule has 2 aromatic carbocycles. The van der Waals surface area contributed by atoms with Crippen molar-refractivity contribution in [3.63, 3.8) is 0 Å². The molecule has 1 aliphatic rings. The predicted molar refractivity (Wildman–Crippen MR) is 143 cm³/mol. The average Bonchev–Trinajstić information content (AvgIpc) is 3.17. The van der Waals surface area contributed by atoms with Gasteiger partial charge < -0.3 is 24.6 Å². The fourth-order valence-electron chi connectivity index (χ4n) is 4.69. The number of alkyl carbamates (subject to hydrolysis) is 1. The standard InChI is InChI=1S/C29H36N2O7/c1-6-17-36-27(34)30-15-16-31(25(26(32)33)19(2)38-29(3,4)5)28(35)37-18-24-22-13-9-7-11-20(22)21-12-8-10-14-23(21)24/h6-14,19,24-25H,1,15-18H2,2-5H3,(H,30,34)(H,32,33)/t19-,25+/m0/s1. The molecule has 0 heterocycles. The van der Waals surface area contributed by atoms with Crippen LogP contribution in [0.25, 0.3) is 11.1 Å². The van der Waals surface area contributed by atoms with Gasteiger partial charge in [-0.1, -0.05) is 61.2 Å². The van der Waals surface area contributed by atoms with Gasteiger partial charge in [-0.05, 0) is 49.9 Å². The first-order valence-corrected chi connectivity index (χ1v) is 12.6. The highest BCUT2D eigenvalue weighted by Crippen LogP contribution is 2.44. The van der Waals surface area contributed by atoms with Crippen molar-refractivity contribution >= 4 is 18.2 Å². The molecular formula is C29H36N2O7. The predicted octanol–water partition coefficient (Wildman–Crippen LogP) is 4.81. The summed E-state index contributed by atoms with van der Waals surface area (Å²) in [6.07, 6.45) is -0.956. The summed E-state index contributed by atoms with van der Waals surface area (Å²) in [6, 6.07) is 14.5. The Morgan fingerprint density at radius 2 is 1.63 bits per heavy atom. The van der Waals surface area contributed by atoms with E-state index in [1.165, 1.54) is 6.08 Å². The lowest BCUT2D eigenvalue weighted by molar-refractivity contribution is -0.153. The lowest BCUT2D eigenvalue weighted by Gasteiger charge is -2.35. The molecule has 0 aliphatic heterocycles. The minimum absolute atomic E-state index is 0.0239. The Kier molecular flexibility index (Phi) is 9.52. The van der Waals surface area contributed by atoms with Gasteiger partial charge in [0.25, 0.3) is 0 Å². The first kappa shape index (κ1) is 28.7. The third-order valence-electron chi connectivity index (χ3n) is 6.10. The smallest absolute Gasteiger partial charge is 0.410 e. The molecule has 0 fully saturated rings. The normalized spacial score (nSPS) is 14.0. The number of hydrogen-bond acceptors (Lipinski definition) is 6. The number of aliphatic carboxylic acids is 1. The maximum Gasteiger partial charge on any atom is 0.410 e. The Labute approximate surface area is 223 Å². The summed E-state index contributed by atoms with van der Waals surface area (Å²) in [7, 11) is 0. The molecule has 3 rings (SSSR count). The van der Waals surface area contributed by atoms with E-state index in [1.807, 2.05) is 48.5 Å². The van der Waals surface area contributed by atoms with Crippen LogP contribution in [0.4, 0.5) is 9.59 Å². The van der Waals surface area contributed by atoms with Crippen molar-refractivity contribution in [2.75, 3.05) is 26.3 Å². The van der Waals surface area contributed by atoms with Gasteiger partial charge in [-0.15, -0.1) is 0 Å². The van der Waals surface area contributed by atoms with Gasteiger partial charge in [0.05, 0.1) is 11.7 Å². The molecule has 0 unspecified atom stereocenters. The highest BCUT2D eigenvalue weighted by atomic mass is 16.6. The number of amides is 2. The van der Waals surface area contributed by atoms with Crippen molar-refractivity contribution in [3.8, 4) is 11.1 Å². The van der Waals surface area contributed by atoms with Crippen LogP contribution < -0.4 is 5.32 Å². The number of fused-ring (bicyclic) bond motifs is 3. The van der Waals surface area contributed by atoms with Crippen LogP contribution in [-0.4, -0.2) is 72.2 Å². The third-order valence-corrected chi connectivity index (χ3v) is 6.10. The van der Waals surface area contributed by atoms with E-state index in [0.29, 0.717) is 0 Å². The maximum absolute atomic E-state index is 13.4. The summed E-state index contributed by atoms with van der Waals surface area (Å²) in [5.74, 6) is -1.43. The van der Waals surface area contributed by atoms with Gasteiger partial charge in [0.15, 0.2) is 6.04 Å². The van der Waals surface area contributed by atoms with Crippen molar-refractivity contribution in [1.82, 2.24) is 10.2 Å². The average molecular weight is 525 g/mol. The molecular weight excluding hydrogens is 488 g/mol. The quantitative estimate of drug-likeness (QED) is 0.406. The molecule has 2 aromatic rings. The number of rotatable bonds is 11. The fourth-order valence-corrected chi connectivity index (χ4v) is 4.69. The SMILES string of the molecule is C=CCOC(=O)NCCN(C(=O)OCC1c2ccccc2-c2ccccc21)[C@@H](C(=O)O)[C@H](C)OC(C)(C)C. The summed E-state index contributed by atoms with van der Waals surface area (Å²) in [5.41, 5.74) is 3.60. The number of benzene rings is 2. The van der Waals surface area contributed by atoms with Crippen LogP contribution >= 0.6 is 0 Å². The van der Waals surface area contributed by atoms with Crippen LogP contribution in [0, 0.1) is 0 Å². The van der Waals surface area contributed by atoms with E-state index in [1.54, 1.807) is 27.7 Å². The number of carboxylic acid groups (broad SMARTS) is 1. The topological polar surface area (TPSA) is 114 Å². The van der Waals surface area contributed by atoms with Gasteiger partial charge in [0, 0.05) is 19.0 Å². The summed E-state index contributed by atoms with van der Waals surface area (Å²) in [4.78, 5) is 38.7. The first-order chi connectivity index (χ1) is 18.0. The molecule has 0 bridgehead atoms. The van der Waals surface area contributed by atoms with Crippen LogP contribution in [0.1, 0.15) is 44.7 Å². The minimum atomic E-state index is -1.35. The van der Waals surface area contributed by atoms with Crippen molar-refractivity contribution in [2.24, 2.45) is 0 Å². The molecule has 2 atom stereocenters. The molecule has 9 nitrogen and oxygen atoms in total. The largest absolute Gasteiger partial charge is 0.480 e. The molecule has 0 spiro atoms. The highest BCUT2D eigenvalue weighted by Gasteiger charge is 2.38. The second-order valence-electron chi connectivity index (χ2n) is 10.0. The lowest BCUT2D eigenvalue weighted by atomic mass is 9.98. The maximum atomic E-state index is 13.4. The monoisotopic (exact) mass is 524 g/mol. The lowest BCUT2D eigenvalue weighted by Crippen LogP contribution is -2.55. The molecule has 0 aromatic heterocycles. The van der Waals surface area contributed by atoms with E-state index in [2.05, 4.69) is 11.9 Å². The summed E-state index contributed by atoms with van der Waals surface area (Å²) in [5, 5.41) is 12.6. The zero-order chi connectivity index (χ0) is 27.9. The van der Waals surface area contributed by atoms with Crippen LogP contribution in [0.3, 0.4) is 0 Å². The Balaban J connectivity index is 1.80. The van der Waals surface area contributed by atoms with Crippen molar-refractivity contribution in [3.05, 3.63) is 72.3 Å². The molecule has 38 heavy (non-hydrogen) atoms. The number of carbonyl (C=O) groups excluding carboxylic acids is 2. The number of carbonyl (C=O) groups is 3. The Morgan fingerprint density at radius 3 is 2.16 bits per heavy atom. The van der Waals surface area contributed by atoms with Gasteiger partial charge in [-0.3, -0.25) is 4.90 Å². The molecule has 204 valence electrons. The summed E-state index contributed by atoms with van der Waals surface area (Å²) >= 11 is 0. The molecule has 0 saturated heterocycles. The molecule has 1 aliphatic carbocycles. The van der Waals surface area contributed by atoms with E-state index in [-0.39, 0.29) is 32.2 Å². The van der Waals surface area contributed by atoms with Crippen LogP contribution in [0.5, 0.6) is 0 Å². The van der Waals surface area contributed by atoms with Crippen molar-refractivity contribution in [2.45, 2.75) is 51.4 Å². The second kappa shape index (κ2) is 12.6. The van der Waals surface area contributed by atoms with Gasteiger partial charge >= 0.3 is 18.2 Å². The number of nitrogens with zero attached hydrogens (tertiary/aromatic N) is 1. The second-order valence-corrected chi connectivity index (χ2v) is 10.0. The summed E-state index contributed by atoms with van der Waals surface area (Å²) < 4.78 is 16.5. The number of carboxylic acids is 1. The molecule has 9 heteroatoms. The molecule has 2 N–H and O–H groups in total. The molecule has 0 radical (unpaired) electrons. The van der Waals surface area contributed by atoms with E-state index < -0.39 is 35.9 Å². The Hall–Kier alpha value is -3.85. The first-order valence-electron chi connectivity index (χ1n) is 12.6. The van der Waals surface area contributed by atoms with Crippen molar-refractivity contribution in [1.29, 1.82) is 0 Å². The van der Waals surface area contributed by atoms with Gasteiger partial charge in [-0.25, -0.2) is 14.4 Å². The zero-order valence-corrected chi connectivity index (χ0v) is 22.3. The number of nitrogens with one attached hydrogen (secondary N) is 1. The van der Waals surface area contributed by atoms with E-state index in [9.17, 15) is 19.5 Å². The highest BCUT2D eigenvalue weighted by molar-refractivity contribution is 5.81. The summed E-state index contributed by atoms with van der Waals surface area (Å²) in [6.45, 7) is 10.4. The fraction of sp³-hybridized carbons (Fsp3) is 0.414. The van der Waals surface area contributed by atoms with E-state index in [4.69, 9.17) is 14.2 Å². The number of ether oxygens (including phenoxy) is 3. The third kappa shape index (κ3) is 7.13. The van der Waals surface area contributed by atoms with E-state index in [0.717, 1.165) is 27.2 Å². The van der Waals surface area contributed by atoms with Gasteiger partial charge in [0.1, 0.15) is 13.2 Å². The molecule has 0 saturated carbocycles. The van der Waals surface area contributed by atoms with Crippen LogP contribution in [0.2, 0.25) is 0 Å². The Morgan fingerprint density at radius 1 is 1.05 bits per heavy atom. The number of hydrogen-bond donors (Lipinski definition) is 2. The zero-order valence-electron chi connectivity index (χ0n) is 22.3. The van der Waals surface area contributed by atoms with E-state index >= 15 is 0 Å². The van der Waals surface area contributed by atoms with Gasteiger partial charge in [0.2, 0.25) is 0 Å². The van der Waals surface area contributed by atoms with Crippen molar-refractivity contribution < 1.29 is 33.7 Å². The Bertz CT molecular complexity index is 1110. The van der Waals surface area contributed by atoms with Crippen LogP contribution in [0.15, 0.2) is 61.2 Å².